The first-order valence-corrected chi connectivity index (χ1v) is 9.23. The molecule has 0 unspecified atom stereocenters. The van der Waals surface area contributed by atoms with Gasteiger partial charge in [0, 0.05) is 17.1 Å². The van der Waals surface area contributed by atoms with Gasteiger partial charge >= 0.3 is 0 Å². The molecule has 2 rings (SSSR count). The predicted octanol–water partition coefficient (Wildman–Crippen LogP) is 2.81. The molecule has 0 aliphatic rings. The SMILES string of the molecule is CCc1ccccc1NC(=O)CNC(=O)CN(C)Cc1sccc1C. The second kappa shape index (κ2) is 9.34. The van der Waals surface area contributed by atoms with Crippen LogP contribution in [0.4, 0.5) is 5.69 Å². The highest BCUT2D eigenvalue weighted by atomic mass is 32.1. The summed E-state index contributed by atoms with van der Waals surface area (Å²) in [7, 11) is 1.90. The van der Waals surface area contributed by atoms with Gasteiger partial charge in [-0.25, -0.2) is 0 Å². The molecule has 0 aliphatic heterocycles. The minimum atomic E-state index is -0.217. The molecule has 0 radical (unpaired) electrons. The highest BCUT2D eigenvalue weighted by Gasteiger charge is 2.11. The number of thiophene rings is 1. The van der Waals surface area contributed by atoms with E-state index in [-0.39, 0.29) is 24.9 Å². The first-order chi connectivity index (χ1) is 12.0. The maximum Gasteiger partial charge on any atom is 0.243 e. The fraction of sp³-hybridized carbons (Fsp3) is 0.368. The van der Waals surface area contributed by atoms with Crippen LogP contribution in [-0.2, 0) is 22.6 Å². The van der Waals surface area contributed by atoms with E-state index in [1.54, 1.807) is 11.3 Å². The lowest BCUT2D eigenvalue weighted by Gasteiger charge is -2.16. The van der Waals surface area contributed by atoms with E-state index in [1.165, 1.54) is 10.4 Å². The van der Waals surface area contributed by atoms with Crippen molar-refractivity contribution < 1.29 is 9.59 Å². The molecule has 0 saturated carbocycles. The summed E-state index contributed by atoms with van der Waals surface area (Å²) in [6.45, 7) is 5.07. The lowest BCUT2D eigenvalue weighted by molar-refractivity contribution is -0.124. The molecular formula is C19H25N3O2S. The van der Waals surface area contributed by atoms with Crippen LogP contribution < -0.4 is 10.6 Å². The van der Waals surface area contributed by atoms with Crippen molar-refractivity contribution >= 4 is 28.8 Å². The predicted molar refractivity (Wildman–Crippen MR) is 103 cm³/mol. The summed E-state index contributed by atoms with van der Waals surface area (Å²) in [6.07, 6.45) is 0.843. The van der Waals surface area contributed by atoms with Crippen LogP contribution in [0.3, 0.4) is 0 Å². The molecule has 134 valence electrons. The summed E-state index contributed by atoms with van der Waals surface area (Å²) in [5.74, 6) is -0.373. The van der Waals surface area contributed by atoms with Crippen molar-refractivity contribution in [3.05, 3.63) is 51.7 Å². The van der Waals surface area contributed by atoms with Crippen LogP contribution >= 0.6 is 11.3 Å². The van der Waals surface area contributed by atoms with Gasteiger partial charge in [-0.3, -0.25) is 14.5 Å². The van der Waals surface area contributed by atoms with Crippen molar-refractivity contribution in [2.45, 2.75) is 26.8 Å². The van der Waals surface area contributed by atoms with E-state index in [0.717, 1.165) is 24.2 Å². The monoisotopic (exact) mass is 359 g/mol. The van der Waals surface area contributed by atoms with Gasteiger partial charge in [-0.15, -0.1) is 11.3 Å². The standard InChI is InChI=1S/C19H25N3O2S/c1-4-15-7-5-6-8-16(15)21-18(23)11-20-19(24)13-22(3)12-17-14(2)9-10-25-17/h5-10H,4,11-13H2,1-3H3,(H,20,24)(H,21,23). The van der Waals surface area contributed by atoms with Gasteiger partial charge in [-0.1, -0.05) is 25.1 Å². The minimum Gasteiger partial charge on any atom is -0.346 e. The Morgan fingerprint density at radius 3 is 2.60 bits per heavy atom. The van der Waals surface area contributed by atoms with E-state index in [9.17, 15) is 9.59 Å². The first-order valence-electron chi connectivity index (χ1n) is 8.35. The Bertz CT molecular complexity index is 727. The topological polar surface area (TPSA) is 61.4 Å². The quantitative estimate of drug-likeness (QED) is 0.762. The Morgan fingerprint density at radius 2 is 1.92 bits per heavy atom. The summed E-state index contributed by atoms with van der Waals surface area (Å²) < 4.78 is 0. The molecule has 0 fully saturated rings. The second-order valence-corrected chi connectivity index (χ2v) is 7.04. The highest BCUT2D eigenvalue weighted by molar-refractivity contribution is 7.10. The molecule has 0 atom stereocenters. The van der Waals surface area contributed by atoms with Crippen LogP contribution in [-0.4, -0.2) is 36.9 Å². The van der Waals surface area contributed by atoms with Crippen molar-refractivity contribution in [1.82, 2.24) is 10.2 Å². The van der Waals surface area contributed by atoms with Gasteiger partial charge in [0.25, 0.3) is 0 Å². The average molecular weight is 359 g/mol. The molecule has 0 bridgehead atoms. The molecule has 2 amide bonds. The van der Waals surface area contributed by atoms with E-state index < -0.39 is 0 Å². The lowest BCUT2D eigenvalue weighted by atomic mass is 10.1. The number of nitrogens with zero attached hydrogens (tertiary/aromatic N) is 1. The number of para-hydroxylation sites is 1. The van der Waals surface area contributed by atoms with Gasteiger partial charge in [-0.2, -0.15) is 0 Å². The van der Waals surface area contributed by atoms with Gasteiger partial charge in [0.15, 0.2) is 0 Å². The van der Waals surface area contributed by atoms with E-state index in [1.807, 2.05) is 43.1 Å². The van der Waals surface area contributed by atoms with Crippen LogP contribution in [0.2, 0.25) is 0 Å². The number of likely N-dealkylation sites (N-methyl/N-ethyl adjacent to an activating group) is 1. The summed E-state index contributed by atoms with van der Waals surface area (Å²) >= 11 is 1.69. The van der Waals surface area contributed by atoms with E-state index in [0.29, 0.717) is 0 Å². The molecule has 0 spiro atoms. The van der Waals surface area contributed by atoms with Crippen LogP contribution in [0.1, 0.15) is 22.9 Å². The van der Waals surface area contributed by atoms with Crippen LogP contribution in [0.5, 0.6) is 0 Å². The number of aryl methyl sites for hydroxylation is 2. The van der Waals surface area contributed by atoms with Gasteiger partial charge in [-0.05, 0) is 49.0 Å². The maximum atomic E-state index is 12.0. The van der Waals surface area contributed by atoms with E-state index in [2.05, 4.69) is 29.0 Å². The number of nitrogens with one attached hydrogen (secondary N) is 2. The third kappa shape index (κ3) is 5.99. The summed E-state index contributed by atoms with van der Waals surface area (Å²) in [5.41, 5.74) is 3.12. The van der Waals surface area contributed by atoms with Crippen LogP contribution in [0, 0.1) is 6.92 Å². The van der Waals surface area contributed by atoms with E-state index in [4.69, 9.17) is 0 Å². The number of anilines is 1. The van der Waals surface area contributed by atoms with Crippen molar-refractivity contribution in [2.75, 3.05) is 25.5 Å². The Labute approximate surface area is 153 Å². The molecule has 5 nitrogen and oxygen atoms in total. The normalized spacial score (nSPS) is 10.7. The molecule has 25 heavy (non-hydrogen) atoms. The molecule has 2 N–H and O–H groups in total. The zero-order valence-corrected chi connectivity index (χ0v) is 15.8. The summed E-state index contributed by atoms with van der Waals surface area (Å²) in [6, 6.07) is 9.76. The zero-order valence-electron chi connectivity index (χ0n) is 15.0. The molecular weight excluding hydrogens is 334 g/mol. The lowest BCUT2D eigenvalue weighted by Crippen LogP contribution is -2.39. The number of hydrogen-bond acceptors (Lipinski definition) is 4. The van der Waals surface area contributed by atoms with Gasteiger partial charge in [0.05, 0.1) is 13.1 Å². The number of amides is 2. The van der Waals surface area contributed by atoms with Crippen molar-refractivity contribution in [2.24, 2.45) is 0 Å². The van der Waals surface area contributed by atoms with Crippen LogP contribution in [0.25, 0.3) is 0 Å². The largest absolute Gasteiger partial charge is 0.346 e. The number of rotatable bonds is 8. The molecule has 2 aromatic rings. The molecule has 6 heteroatoms. The average Bonchev–Trinajstić information content (AvgIpc) is 2.98. The zero-order chi connectivity index (χ0) is 18.2. The van der Waals surface area contributed by atoms with Crippen molar-refractivity contribution in [3.63, 3.8) is 0 Å². The Balaban J connectivity index is 1.75. The van der Waals surface area contributed by atoms with Crippen molar-refractivity contribution in [1.29, 1.82) is 0 Å². The minimum absolute atomic E-state index is 0.0250. The molecule has 0 saturated heterocycles. The fourth-order valence-corrected chi connectivity index (χ4v) is 3.48. The summed E-state index contributed by atoms with van der Waals surface area (Å²) in [4.78, 5) is 27.2. The fourth-order valence-electron chi connectivity index (χ4n) is 2.49. The Kier molecular flexibility index (Phi) is 7.16. The third-order valence-electron chi connectivity index (χ3n) is 3.91. The first kappa shape index (κ1) is 19.1. The number of benzene rings is 1. The van der Waals surface area contributed by atoms with Gasteiger partial charge in [0.2, 0.25) is 11.8 Å². The molecule has 1 aromatic heterocycles. The second-order valence-electron chi connectivity index (χ2n) is 6.03. The van der Waals surface area contributed by atoms with E-state index >= 15 is 0 Å². The molecule has 1 aromatic carbocycles. The number of hydrogen-bond donors (Lipinski definition) is 2. The number of carbonyl (C=O) groups excluding carboxylic acids is 2. The third-order valence-corrected chi connectivity index (χ3v) is 4.92. The molecule has 0 aliphatic carbocycles. The maximum absolute atomic E-state index is 12.0. The van der Waals surface area contributed by atoms with Gasteiger partial charge in [0.1, 0.15) is 0 Å². The number of carbonyl (C=O) groups is 2. The van der Waals surface area contributed by atoms with Crippen LogP contribution in [0.15, 0.2) is 35.7 Å². The Morgan fingerprint density at radius 1 is 1.16 bits per heavy atom. The van der Waals surface area contributed by atoms with Crippen molar-refractivity contribution in [3.8, 4) is 0 Å². The Hall–Kier alpha value is -2.18. The summed E-state index contributed by atoms with van der Waals surface area (Å²) in [5, 5.41) is 7.58. The smallest absolute Gasteiger partial charge is 0.243 e. The highest BCUT2D eigenvalue weighted by Crippen LogP contribution is 2.17. The van der Waals surface area contributed by atoms with Gasteiger partial charge < -0.3 is 10.6 Å². The molecule has 1 heterocycles.